The highest BCUT2D eigenvalue weighted by Crippen LogP contribution is 2.31. The first-order valence-electron chi connectivity index (χ1n) is 14.8. The zero-order valence-electron chi connectivity index (χ0n) is 25.2. The number of likely N-dealkylation sites (N-methyl/N-ethyl adjacent to an activating group) is 1. The number of hydrogen-bond donors (Lipinski definition) is 2. The Bertz CT molecular complexity index is 1780. The average Bonchev–Trinajstić information content (AvgIpc) is 3.61. The number of pyridine rings is 1. The number of aromatic nitrogens is 7. The number of rotatable bonds is 10. The zero-order chi connectivity index (χ0) is 30.7. The van der Waals surface area contributed by atoms with Crippen molar-refractivity contribution >= 4 is 27.3 Å². The molecule has 1 aliphatic heterocycles. The van der Waals surface area contributed by atoms with Gasteiger partial charge in [-0.3, -0.25) is 4.68 Å². The Labute approximate surface area is 257 Å². The molecule has 1 saturated heterocycles. The largest absolute Gasteiger partial charge is 0.370 e. The van der Waals surface area contributed by atoms with Gasteiger partial charge in [-0.05, 0) is 45.8 Å². The smallest absolute Gasteiger partial charge is 0.256 e. The van der Waals surface area contributed by atoms with Gasteiger partial charge in [0, 0.05) is 63.9 Å². The summed E-state index contributed by atoms with van der Waals surface area (Å²) in [7, 11) is 2.58. The van der Waals surface area contributed by atoms with Gasteiger partial charge in [0.15, 0.2) is 5.82 Å². The van der Waals surface area contributed by atoms with Gasteiger partial charge in [-0.1, -0.05) is 11.8 Å². The fourth-order valence-electron chi connectivity index (χ4n) is 5.09. The van der Waals surface area contributed by atoms with E-state index in [0.29, 0.717) is 41.9 Å². The molecule has 0 aromatic carbocycles. The topological polar surface area (TPSA) is 139 Å². The van der Waals surface area contributed by atoms with E-state index in [1.165, 1.54) is 12.4 Å². The summed E-state index contributed by atoms with van der Waals surface area (Å²) in [4.78, 5) is 18.2. The van der Waals surface area contributed by atoms with Crippen molar-refractivity contribution in [1.29, 1.82) is 0 Å². The molecule has 0 amide bonds. The van der Waals surface area contributed by atoms with Crippen LogP contribution in [0.1, 0.15) is 36.8 Å². The maximum Gasteiger partial charge on any atom is 0.256 e. The molecule has 2 N–H and O–H groups in total. The summed E-state index contributed by atoms with van der Waals surface area (Å²) in [5.41, 5.74) is 3.21. The highest BCUT2D eigenvalue weighted by Gasteiger charge is 2.37. The molecule has 4 aromatic rings. The van der Waals surface area contributed by atoms with Crippen LogP contribution in [-0.4, -0.2) is 98.8 Å². The molecule has 4 aromatic heterocycles. The summed E-state index contributed by atoms with van der Waals surface area (Å²) in [6.45, 7) is 3.79. The van der Waals surface area contributed by atoms with Crippen molar-refractivity contribution in [2.24, 2.45) is 7.05 Å². The van der Waals surface area contributed by atoms with Gasteiger partial charge < -0.3 is 20.4 Å². The van der Waals surface area contributed by atoms with Gasteiger partial charge in [-0.15, -0.1) is 0 Å². The summed E-state index contributed by atoms with van der Waals surface area (Å²) in [5, 5.41) is 14.9. The summed E-state index contributed by atoms with van der Waals surface area (Å²) in [5.74, 6) is 8.05. The minimum Gasteiger partial charge on any atom is -0.370 e. The maximum atomic E-state index is 12.6. The molecular weight excluding hydrogens is 578 g/mol. The van der Waals surface area contributed by atoms with Crippen molar-refractivity contribution in [3.05, 3.63) is 60.4 Å². The lowest BCUT2D eigenvalue weighted by molar-refractivity contribution is 0.359. The molecule has 2 aliphatic rings. The average molecular weight is 616 g/mol. The molecule has 44 heavy (non-hydrogen) atoms. The Kier molecular flexibility index (Phi) is 8.60. The molecule has 2 fully saturated rings. The molecule has 1 aliphatic carbocycles. The van der Waals surface area contributed by atoms with Gasteiger partial charge in [0.1, 0.15) is 11.6 Å². The second-order valence-corrected chi connectivity index (χ2v) is 13.6. The van der Waals surface area contributed by atoms with E-state index in [-0.39, 0.29) is 5.25 Å². The third-order valence-electron chi connectivity index (χ3n) is 7.69. The van der Waals surface area contributed by atoms with E-state index >= 15 is 0 Å². The van der Waals surface area contributed by atoms with E-state index in [2.05, 4.69) is 71.5 Å². The third kappa shape index (κ3) is 7.07. The Morgan fingerprint density at radius 3 is 2.55 bits per heavy atom. The molecule has 0 unspecified atom stereocenters. The Morgan fingerprint density at radius 2 is 1.82 bits per heavy atom. The van der Waals surface area contributed by atoms with Crippen molar-refractivity contribution in [3.8, 4) is 23.2 Å². The standard InChI is InChI=1S/C30H37N11O2S/c1-38(2)15-12-31-25-9-13-40(14-10-25)27-16-29(33-18-23(27)5-4-22-17-34-39(3)20-22)36-28-8-11-32-30(37-28)24-19-35-41(21-24)44(42,43)26-6-7-26/h8,11,16-21,25-26,31H,6-7,9-10,12-15H2,1-3H3,(H,32,33,36,37). The van der Waals surface area contributed by atoms with Crippen molar-refractivity contribution in [3.63, 3.8) is 0 Å². The predicted octanol–water partition coefficient (Wildman–Crippen LogP) is 2.07. The van der Waals surface area contributed by atoms with Crippen molar-refractivity contribution in [2.45, 2.75) is 37.0 Å². The maximum absolute atomic E-state index is 12.6. The molecule has 5 heterocycles. The second kappa shape index (κ2) is 12.7. The Hall–Kier alpha value is -4.32. The first-order valence-corrected chi connectivity index (χ1v) is 16.3. The molecule has 13 nitrogen and oxygen atoms in total. The van der Waals surface area contributed by atoms with E-state index in [4.69, 9.17) is 0 Å². The van der Waals surface area contributed by atoms with Crippen LogP contribution in [0.25, 0.3) is 11.4 Å². The van der Waals surface area contributed by atoms with Crippen LogP contribution in [0.15, 0.2) is 49.3 Å². The first-order chi connectivity index (χ1) is 21.2. The van der Waals surface area contributed by atoms with Crippen LogP contribution in [-0.2, 0) is 17.1 Å². The zero-order valence-corrected chi connectivity index (χ0v) is 26.0. The van der Waals surface area contributed by atoms with Crippen LogP contribution < -0.4 is 15.5 Å². The molecule has 0 radical (unpaired) electrons. The number of anilines is 3. The highest BCUT2D eigenvalue weighted by atomic mass is 32.2. The first kappa shape index (κ1) is 29.7. The lowest BCUT2D eigenvalue weighted by Crippen LogP contribution is -2.44. The predicted molar refractivity (Wildman–Crippen MR) is 169 cm³/mol. The monoisotopic (exact) mass is 615 g/mol. The van der Waals surface area contributed by atoms with Gasteiger partial charge in [-0.2, -0.15) is 14.3 Å². The lowest BCUT2D eigenvalue weighted by atomic mass is 10.0. The Balaban J connectivity index is 1.21. The van der Waals surface area contributed by atoms with Crippen LogP contribution in [0.5, 0.6) is 0 Å². The molecule has 0 atom stereocenters. The molecule has 14 heteroatoms. The number of nitrogens with one attached hydrogen (secondary N) is 2. The summed E-state index contributed by atoms with van der Waals surface area (Å²) < 4.78 is 27.9. The van der Waals surface area contributed by atoms with Crippen LogP contribution in [0.3, 0.4) is 0 Å². The van der Waals surface area contributed by atoms with Crippen molar-refractivity contribution < 1.29 is 8.42 Å². The molecule has 1 saturated carbocycles. The summed E-state index contributed by atoms with van der Waals surface area (Å²) in [6, 6.07) is 4.24. The highest BCUT2D eigenvalue weighted by molar-refractivity contribution is 7.90. The quantitative estimate of drug-likeness (QED) is 0.254. The number of aryl methyl sites for hydroxylation is 1. The van der Waals surface area contributed by atoms with E-state index in [1.54, 1.807) is 29.3 Å². The Morgan fingerprint density at radius 1 is 1.00 bits per heavy atom. The molecule has 0 spiro atoms. The van der Waals surface area contributed by atoms with E-state index in [9.17, 15) is 8.42 Å². The van der Waals surface area contributed by atoms with E-state index in [1.807, 2.05) is 19.3 Å². The van der Waals surface area contributed by atoms with E-state index in [0.717, 1.165) is 59.9 Å². The van der Waals surface area contributed by atoms with Crippen LogP contribution in [0, 0.1) is 11.8 Å². The van der Waals surface area contributed by atoms with Gasteiger partial charge in [0.2, 0.25) is 0 Å². The second-order valence-electron chi connectivity index (χ2n) is 11.5. The molecule has 0 bridgehead atoms. The van der Waals surface area contributed by atoms with Gasteiger partial charge in [0.05, 0.1) is 46.2 Å². The molecule has 6 rings (SSSR count). The van der Waals surface area contributed by atoms with Crippen LogP contribution in [0.4, 0.5) is 17.3 Å². The van der Waals surface area contributed by atoms with Crippen LogP contribution in [0.2, 0.25) is 0 Å². The number of nitrogens with zero attached hydrogens (tertiary/aromatic N) is 9. The SMILES string of the molecule is CN(C)CCNC1CCN(c2cc(Nc3ccnc(-c4cnn(S(=O)(=O)C5CC5)c4)n3)ncc2C#Cc2cnn(C)c2)CC1. The van der Waals surface area contributed by atoms with Gasteiger partial charge in [0.25, 0.3) is 10.0 Å². The normalized spacial score (nSPS) is 15.8. The summed E-state index contributed by atoms with van der Waals surface area (Å²) >= 11 is 0. The van der Waals surface area contributed by atoms with E-state index < -0.39 is 10.0 Å². The molecular formula is C30H37N11O2S. The van der Waals surface area contributed by atoms with Crippen molar-refractivity contribution in [1.82, 2.24) is 44.1 Å². The fraction of sp³-hybridized carbons (Fsp3) is 0.433. The minimum absolute atomic E-state index is 0.355. The van der Waals surface area contributed by atoms with Gasteiger partial charge >= 0.3 is 0 Å². The van der Waals surface area contributed by atoms with Crippen molar-refractivity contribution in [2.75, 3.05) is 50.5 Å². The summed E-state index contributed by atoms with van der Waals surface area (Å²) in [6.07, 6.45) is 13.4. The third-order valence-corrected chi connectivity index (χ3v) is 9.73. The van der Waals surface area contributed by atoms with Gasteiger partial charge in [-0.25, -0.2) is 23.4 Å². The fourth-order valence-corrected chi connectivity index (χ4v) is 6.57. The van der Waals surface area contributed by atoms with Crippen LogP contribution >= 0.6 is 0 Å². The number of hydrogen-bond acceptors (Lipinski definition) is 11. The molecule has 230 valence electrons. The lowest BCUT2D eigenvalue weighted by Gasteiger charge is -2.35. The number of piperidine rings is 1. The minimum atomic E-state index is -3.47.